The van der Waals surface area contributed by atoms with Gasteiger partial charge in [-0.05, 0) is 62.4 Å². The molecule has 4 nitrogen and oxygen atoms in total. The predicted octanol–water partition coefficient (Wildman–Crippen LogP) is 3.99. The molecule has 0 radical (unpaired) electrons. The molecule has 0 aliphatic carbocycles. The maximum atomic E-state index is 13.0. The molecule has 134 valence electrons. The van der Waals surface area contributed by atoms with E-state index in [0.29, 0.717) is 12.0 Å². The van der Waals surface area contributed by atoms with E-state index in [2.05, 4.69) is 46.8 Å². The van der Waals surface area contributed by atoms with Gasteiger partial charge in [-0.1, -0.05) is 26.0 Å². The van der Waals surface area contributed by atoms with Crippen molar-refractivity contribution in [3.63, 3.8) is 0 Å². The van der Waals surface area contributed by atoms with Gasteiger partial charge in [0.2, 0.25) is 0 Å². The molecule has 0 saturated carbocycles. The monoisotopic (exact) mass is 339 g/mol. The van der Waals surface area contributed by atoms with Crippen LogP contribution in [-0.4, -0.2) is 52.9 Å². The molecule has 2 fully saturated rings. The third kappa shape index (κ3) is 3.32. The molecular formula is C21H29N3O. The molecule has 0 spiro atoms. The summed E-state index contributed by atoms with van der Waals surface area (Å²) < 4.78 is 0. The molecule has 3 heterocycles. The molecule has 2 aliphatic rings. The quantitative estimate of drug-likeness (QED) is 0.918. The van der Waals surface area contributed by atoms with Crippen molar-refractivity contribution in [3.05, 3.63) is 35.5 Å². The summed E-state index contributed by atoms with van der Waals surface area (Å²) >= 11 is 0. The summed E-state index contributed by atoms with van der Waals surface area (Å²) in [4.78, 5) is 21.0. The maximum absolute atomic E-state index is 13.0. The van der Waals surface area contributed by atoms with Crippen LogP contribution in [0.3, 0.4) is 0 Å². The van der Waals surface area contributed by atoms with Gasteiger partial charge >= 0.3 is 0 Å². The number of rotatable bonds is 3. The van der Waals surface area contributed by atoms with Crippen molar-refractivity contribution in [2.75, 3.05) is 26.2 Å². The normalized spacial score (nSPS) is 22.2. The van der Waals surface area contributed by atoms with Crippen molar-refractivity contribution >= 4 is 16.8 Å². The number of aromatic amines is 1. The number of fused-ring (bicyclic) bond motifs is 1. The molecule has 1 aromatic heterocycles. The molecule has 2 aromatic rings. The third-order valence-corrected chi connectivity index (χ3v) is 5.88. The third-order valence-electron chi connectivity index (χ3n) is 5.88. The first-order valence-corrected chi connectivity index (χ1v) is 9.78. The van der Waals surface area contributed by atoms with Gasteiger partial charge in [-0.15, -0.1) is 0 Å². The second kappa shape index (κ2) is 6.83. The van der Waals surface area contributed by atoms with Gasteiger partial charge in [0.1, 0.15) is 5.69 Å². The van der Waals surface area contributed by atoms with Crippen LogP contribution in [0.5, 0.6) is 0 Å². The van der Waals surface area contributed by atoms with Crippen LogP contribution in [0.2, 0.25) is 0 Å². The van der Waals surface area contributed by atoms with Gasteiger partial charge < -0.3 is 9.88 Å². The molecule has 1 amide bonds. The molecule has 0 unspecified atom stereocenters. The van der Waals surface area contributed by atoms with E-state index in [9.17, 15) is 4.79 Å². The van der Waals surface area contributed by atoms with Gasteiger partial charge in [0.05, 0.1) is 0 Å². The Bertz CT molecular complexity index is 758. The Morgan fingerprint density at radius 1 is 1.12 bits per heavy atom. The zero-order valence-corrected chi connectivity index (χ0v) is 15.4. The zero-order valence-electron chi connectivity index (χ0n) is 15.4. The van der Waals surface area contributed by atoms with Gasteiger partial charge in [0.15, 0.2) is 0 Å². The Hall–Kier alpha value is -1.81. The standard InChI is InChI=1S/C21H29N3O/c1-15(2)16-7-8-17-13-20(22-19(17)12-16)21(25)24-11-5-6-18(14-24)23-9-3-4-10-23/h7-8,12-13,15,18,22H,3-6,9-11,14H2,1-2H3/t18-/m0/s1. The zero-order chi connectivity index (χ0) is 17.4. The maximum Gasteiger partial charge on any atom is 0.270 e. The summed E-state index contributed by atoms with van der Waals surface area (Å²) in [5.74, 6) is 0.654. The fourth-order valence-electron chi connectivity index (χ4n) is 4.33. The van der Waals surface area contributed by atoms with Crippen molar-refractivity contribution in [1.82, 2.24) is 14.8 Å². The summed E-state index contributed by atoms with van der Waals surface area (Å²) in [5, 5.41) is 1.13. The minimum atomic E-state index is 0.159. The molecule has 0 bridgehead atoms. The number of H-pyrrole nitrogens is 1. The summed E-state index contributed by atoms with van der Waals surface area (Å²) in [6, 6.07) is 9.04. The van der Waals surface area contributed by atoms with Crippen molar-refractivity contribution < 1.29 is 4.79 Å². The number of aromatic nitrogens is 1. The number of hydrogen-bond donors (Lipinski definition) is 1. The van der Waals surface area contributed by atoms with Crippen molar-refractivity contribution in [1.29, 1.82) is 0 Å². The number of amides is 1. The highest BCUT2D eigenvalue weighted by Gasteiger charge is 2.30. The predicted molar refractivity (Wildman–Crippen MR) is 102 cm³/mol. The first-order chi connectivity index (χ1) is 12.1. The second-order valence-electron chi connectivity index (χ2n) is 7.97. The molecular weight excluding hydrogens is 310 g/mol. The van der Waals surface area contributed by atoms with Crippen molar-refractivity contribution in [3.8, 4) is 0 Å². The molecule has 25 heavy (non-hydrogen) atoms. The van der Waals surface area contributed by atoms with Gasteiger partial charge in [0.25, 0.3) is 5.91 Å². The Kier molecular flexibility index (Phi) is 4.55. The van der Waals surface area contributed by atoms with E-state index >= 15 is 0 Å². The van der Waals surface area contributed by atoms with Crippen LogP contribution in [-0.2, 0) is 0 Å². The van der Waals surface area contributed by atoms with E-state index in [4.69, 9.17) is 0 Å². The van der Waals surface area contributed by atoms with Crippen LogP contribution in [0.1, 0.15) is 61.5 Å². The van der Waals surface area contributed by atoms with E-state index in [1.54, 1.807) is 0 Å². The second-order valence-corrected chi connectivity index (χ2v) is 7.97. The average Bonchev–Trinajstić information content (AvgIpc) is 3.30. The van der Waals surface area contributed by atoms with Crippen LogP contribution in [0, 0.1) is 0 Å². The molecule has 4 heteroatoms. The fourth-order valence-corrected chi connectivity index (χ4v) is 4.33. The van der Waals surface area contributed by atoms with Crippen LogP contribution in [0.15, 0.2) is 24.3 Å². The van der Waals surface area contributed by atoms with E-state index in [-0.39, 0.29) is 5.91 Å². The average molecular weight is 339 g/mol. The SMILES string of the molecule is CC(C)c1ccc2cc(C(=O)N3CCC[C@H](N4CCCC4)C3)[nH]c2c1. The number of carbonyl (C=O) groups is 1. The minimum absolute atomic E-state index is 0.159. The van der Waals surface area contributed by atoms with Crippen LogP contribution in [0.4, 0.5) is 0 Å². The Morgan fingerprint density at radius 3 is 2.68 bits per heavy atom. The Balaban J connectivity index is 1.52. The van der Waals surface area contributed by atoms with E-state index < -0.39 is 0 Å². The van der Waals surface area contributed by atoms with Crippen molar-refractivity contribution in [2.24, 2.45) is 0 Å². The largest absolute Gasteiger partial charge is 0.351 e. The van der Waals surface area contributed by atoms with Crippen LogP contribution >= 0.6 is 0 Å². The summed E-state index contributed by atoms with van der Waals surface area (Å²) in [5.41, 5.74) is 3.11. The number of benzene rings is 1. The number of nitrogens with one attached hydrogen (secondary N) is 1. The molecule has 4 rings (SSSR count). The first kappa shape index (κ1) is 16.6. The summed E-state index contributed by atoms with van der Waals surface area (Å²) in [7, 11) is 0. The number of likely N-dealkylation sites (tertiary alicyclic amines) is 2. The van der Waals surface area contributed by atoms with Crippen molar-refractivity contribution in [2.45, 2.75) is 51.5 Å². The van der Waals surface area contributed by atoms with E-state index in [1.165, 1.54) is 37.9 Å². The number of nitrogens with zero attached hydrogens (tertiary/aromatic N) is 2. The number of hydrogen-bond acceptors (Lipinski definition) is 2. The van der Waals surface area contributed by atoms with Gasteiger partial charge in [-0.2, -0.15) is 0 Å². The lowest BCUT2D eigenvalue weighted by molar-refractivity contribution is 0.0603. The number of piperidine rings is 1. The fraction of sp³-hybridized carbons (Fsp3) is 0.571. The lowest BCUT2D eigenvalue weighted by Crippen LogP contribution is -2.49. The van der Waals surface area contributed by atoms with Crippen LogP contribution in [0.25, 0.3) is 10.9 Å². The van der Waals surface area contributed by atoms with E-state index in [1.807, 2.05) is 6.07 Å². The lowest BCUT2D eigenvalue weighted by atomic mass is 10.0. The molecule has 1 aromatic carbocycles. The smallest absolute Gasteiger partial charge is 0.270 e. The molecule has 2 saturated heterocycles. The Labute approximate surface area is 150 Å². The molecule has 1 atom stereocenters. The van der Waals surface area contributed by atoms with Gasteiger partial charge in [-0.3, -0.25) is 9.69 Å². The van der Waals surface area contributed by atoms with Crippen LogP contribution < -0.4 is 0 Å². The summed E-state index contributed by atoms with van der Waals surface area (Å²) in [6.45, 7) is 8.57. The molecule has 1 N–H and O–H groups in total. The minimum Gasteiger partial charge on any atom is -0.351 e. The molecule has 2 aliphatic heterocycles. The topological polar surface area (TPSA) is 39.3 Å². The van der Waals surface area contributed by atoms with Gasteiger partial charge in [0, 0.05) is 30.0 Å². The highest BCUT2D eigenvalue weighted by atomic mass is 16.2. The van der Waals surface area contributed by atoms with E-state index in [0.717, 1.165) is 36.1 Å². The highest BCUT2D eigenvalue weighted by molar-refractivity contribution is 5.98. The summed E-state index contributed by atoms with van der Waals surface area (Å²) in [6.07, 6.45) is 4.97. The number of carbonyl (C=O) groups excluding carboxylic acids is 1. The lowest BCUT2D eigenvalue weighted by Gasteiger charge is -2.37. The van der Waals surface area contributed by atoms with Gasteiger partial charge in [-0.25, -0.2) is 0 Å². The highest BCUT2D eigenvalue weighted by Crippen LogP contribution is 2.25. The first-order valence-electron chi connectivity index (χ1n) is 9.78. The Morgan fingerprint density at radius 2 is 1.92 bits per heavy atom.